The molecule has 0 atom stereocenters. The first kappa shape index (κ1) is 12.2. The lowest BCUT2D eigenvalue weighted by Gasteiger charge is -2.22. The molecule has 4 nitrogen and oxygen atoms in total. The minimum Gasteiger partial charge on any atom is -0.349 e. The van der Waals surface area contributed by atoms with E-state index in [1.807, 2.05) is 0 Å². The molecule has 1 aromatic heterocycles. The van der Waals surface area contributed by atoms with Crippen LogP contribution in [-0.4, -0.2) is 32.6 Å². The van der Waals surface area contributed by atoms with Crippen LogP contribution < -0.4 is 5.32 Å². The zero-order valence-corrected chi connectivity index (χ0v) is 10.0. The second-order valence-electron chi connectivity index (χ2n) is 3.97. The monoisotopic (exact) mass is 256 g/mol. The molecule has 1 aromatic rings. The van der Waals surface area contributed by atoms with Crippen LogP contribution >= 0.6 is 0 Å². The highest BCUT2D eigenvalue weighted by atomic mass is 32.2. The minimum absolute atomic E-state index is 0.0604. The van der Waals surface area contributed by atoms with E-state index >= 15 is 0 Å². The zero-order chi connectivity index (χ0) is 12.3. The van der Waals surface area contributed by atoms with E-state index in [4.69, 9.17) is 0 Å². The maximum atomic E-state index is 12.6. The van der Waals surface area contributed by atoms with Crippen molar-refractivity contribution in [3.8, 4) is 0 Å². The van der Waals surface area contributed by atoms with Crippen LogP contribution in [0.4, 0.5) is 4.39 Å². The standard InChI is InChI=1S/C11H13FN2O2S/c12-10-2-1-8(7-13-10)11(15)14-9-3-5-17(16)6-4-9/h1-2,7,9H,3-6H2,(H,14,15). The Hall–Kier alpha value is -1.30. The minimum atomic E-state index is -0.737. The topological polar surface area (TPSA) is 59.1 Å². The second-order valence-corrected chi connectivity index (χ2v) is 5.66. The molecule has 0 aromatic carbocycles. The van der Waals surface area contributed by atoms with Crippen LogP contribution in [0.3, 0.4) is 0 Å². The van der Waals surface area contributed by atoms with Gasteiger partial charge in [-0.25, -0.2) is 4.98 Å². The number of nitrogens with zero attached hydrogens (tertiary/aromatic N) is 1. The summed E-state index contributed by atoms with van der Waals surface area (Å²) < 4.78 is 23.7. The van der Waals surface area contributed by atoms with Crippen molar-refractivity contribution in [2.45, 2.75) is 18.9 Å². The lowest BCUT2D eigenvalue weighted by molar-refractivity contribution is 0.0934. The Morgan fingerprint density at radius 2 is 2.12 bits per heavy atom. The molecule has 0 unspecified atom stereocenters. The van der Waals surface area contributed by atoms with Gasteiger partial charge in [0.05, 0.1) is 5.56 Å². The molecule has 2 heterocycles. The fourth-order valence-electron chi connectivity index (χ4n) is 1.72. The number of amides is 1. The van der Waals surface area contributed by atoms with Gasteiger partial charge in [0.1, 0.15) is 0 Å². The van der Waals surface area contributed by atoms with Gasteiger partial charge in [-0.3, -0.25) is 9.00 Å². The summed E-state index contributed by atoms with van der Waals surface area (Å²) in [6.45, 7) is 0. The molecule has 1 aliphatic heterocycles. The molecule has 1 N–H and O–H groups in total. The zero-order valence-electron chi connectivity index (χ0n) is 9.19. The fraction of sp³-hybridized carbons (Fsp3) is 0.455. The van der Waals surface area contributed by atoms with Gasteiger partial charge in [0.2, 0.25) is 5.95 Å². The first-order chi connectivity index (χ1) is 8.15. The van der Waals surface area contributed by atoms with E-state index in [1.54, 1.807) is 0 Å². The van der Waals surface area contributed by atoms with Crippen molar-refractivity contribution in [3.63, 3.8) is 0 Å². The smallest absolute Gasteiger partial charge is 0.253 e. The third kappa shape index (κ3) is 3.33. The quantitative estimate of drug-likeness (QED) is 0.798. The maximum Gasteiger partial charge on any atom is 0.253 e. The molecule has 1 saturated heterocycles. The number of pyridine rings is 1. The Kier molecular flexibility index (Phi) is 3.83. The first-order valence-electron chi connectivity index (χ1n) is 5.42. The summed E-state index contributed by atoms with van der Waals surface area (Å²) in [5.41, 5.74) is 0.345. The van der Waals surface area contributed by atoms with Gasteiger partial charge in [0, 0.05) is 34.5 Å². The van der Waals surface area contributed by atoms with Crippen LogP contribution in [0.2, 0.25) is 0 Å². The number of hydrogen-bond donors (Lipinski definition) is 1. The van der Waals surface area contributed by atoms with E-state index < -0.39 is 16.7 Å². The number of halogens is 1. The summed E-state index contributed by atoms with van der Waals surface area (Å²) in [7, 11) is -0.737. The number of carbonyl (C=O) groups is 1. The molecule has 17 heavy (non-hydrogen) atoms. The van der Waals surface area contributed by atoms with Crippen molar-refractivity contribution in [2.24, 2.45) is 0 Å². The van der Waals surface area contributed by atoms with E-state index in [0.29, 0.717) is 17.1 Å². The summed E-state index contributed by atoms with van der Waals surface area (Å²) >= 11 is 0. The predicted molar refractivity (Wildman–Crippen MR) is 62.6 cm³/mol. The molecule has 6 heteroatoms. The predicted octanol–water partition coefficient (Wildman–Crippen LogP) is 0.862. The Labute approximate surface area is 101 Å². The van der Waals surface area contributed by atoms with Gasteiger partial charge in [-0.2, -0.15) is 4.39 Å². The molecule has 0 radical (unpaired) electrons. The van der Waals surface area contributed by atoms with Crippen LogP contribution in [0.1, 0.15) is 23.2 Å². The van der Waals surface area contributed by atoms with Crippen molar-refractivity contribution >= 4 is 16.7 Å². The average Bonchev–Trinajstić information content (AvgIpc) is 2.33. The van der Waals surface area contributed by atoms with Crippen LogP contribution in [0.5, 0.6) is 0 Å². The molecular formula is C11H13FN2O2S. The van der Waals surface area contributed by atoms with Crippen molar-refractivity contribution in [1.82, 2.24) is 10.3 Å². The number of aromatic nitrogens is 1. The number of nitrogens with one attached hydrogen (secondary N) is 1. The van der Waals surface area contributed by atoms with E-state index in [0.717, 1.165) is 18.9 Å². The number of rotatable bonds is 2. The largest absolute Gasteiger partial charge is 0.349 e. The molecule has 0 saturated carbocycles. The summed E-state index contributed by atoms with van der Waals surface area (Å²) in [5, 5.41) is 2.84. The summed E-state index contributed by atoms with van der Waals surface area (Å²) in [6, 6.07) is 2.62. The molecule has 1 aliphatic rings. The van der Waals surface area contributed by atoms with Crippen LogP contribution in [-0.2, 0) is 10.8 Å². The molecule has 0 aliphatic carbocycles. The molecule has 1 fully saturated rings. The van der Waals surface area contributed by atoms with Crippen LogP contribution in [0.15, 0.2) is 18.3 Å². The molecule has 0 bridgehead atoms. The van der Waals surface area contributed by atoms with Crippen molar-refractivity contribution in [2.75, 3.05) is 11.5 Å². The van der Waals surface area contributed by atoms with E-state index in [-0.39, 0.29) is 11.9 Å². The van der Waals surface area contributed by atoms with Crippen molar-refractivity contribution in [3.05, 3.63) is 29.8 Å². The Bertz CT molecular complexity index is 426. The Balaban J connectivity index is 1.93. The van der Waals surface area contributed by atoms with Gasteiger partial charge in [-0.1, -0.05) is 0 Å². The highest BCUT2D eigenvalue weighted by Gasteiger charge is 2.20. The lowest BCUT2D eigenvalue weighted by atomic mass is 10.1. The van der Waals surface area contributed by atoms with Gasteiger partial charge in [-0.05, 0) is 25.0 Å². The van der Waals surface area contributed by atoms with Crippen LogP contribution in [0, 0.1) is 5.95 Å². The SMILES string of the molecule is O=C(NC1CCS(=O)CC1)c1ccc(F)nc1. The van der Waals surface area contributed by atoms with Gasteiger partial charge < -0.3 is 5.32 Å². The second kappa shape index (κ2) is 5.35. The Morgan fingerprint density at radius 3 is 2.71 bits per heavy atom. The average molecular weight is 256 g/mol. The van der Waals surface area contributed by atoms with Gasteiger partial charge in [-0.15, -0.1) is 0 Å². The summed E-state index contributed by atoms with van der Waals surface area (Å²) in [5.74, 6) is 0.406. The highest BCUT2D eigenvalue weighted by molar-refractivity contribution is 7.85. The van der Waals surface area contributed by atoms with Gasteiger partial charge >= 0.3 is 0 Å². The lowest BCUT2D eigenvalue weighted by Crippen LogP contribution is -2.39. The van der Waals surface area contributed by atoms with Crippen LogP contribution in [0.25, 0.3) is 0 Å². The van der Waals surface area contributed by atoms with Gasteiger partial charge in [0.25, 0.3) is 5.91 Å². The molecular weight excluding hydrogens is 243 g/mol. The highest BCUT2D eigenvalue weighted by Crippen LogP contribution is 2.10. The molecule has 1 amide bonds. The third-order valence-corrected chi connectivity index (χ3v) is 4.09. The van der Waals surface area contributed by atoms with Gasteiger partial charge in [0.15, 0.2) is 0 Å². The molecule has 0 spiro atoms. The van der Waals surface area contributed by atoms with E-state index in [2.05, 4.69) is 10.3 Å². The number of hydrogen-bond acceptors (Lipinski definition) is 3. The van der Waals surface area contributed by atoms with E-state index in [1.165, 1.54) is 12.3 Å². The first-order valence-corrected chi connectivity index (χ1v) is 6.91. The fourth-order valence-corrected chi connectivity index (χ4v) is 3.02. The maximum absolute atomic E-state index is 12.6. The normalized spacial score (nSPS) is 24.3. The Morgan fingerprint density at radius 1 is 1.41 bits per heavy atom. The van der Waals surface area contributed by atoms with Crippen molar-refractivity contribution < 1.29 is 13.4 Å². The van der Waals surface area contributed by atoms with E-state index in [9.17, 15) is 13.4 Å². The third-order valence-electron chi connectivity index (χ3n) is 2.71. The number of carbonyl (C=O) groups excluding carboxylic acids is 1. The molecule has 92 valence electrons. The summed E-state index contributed by atoms with van der Waals surface area (Å²) in [4.78, 5) is 15.2. The van der Waals surface area contributed by atoms with Crippen molar-refractivity contribution in [1.29, 1.82) is 0 Å². The summed E-state index contributed by atoms with van der Waals surface area (Å²) in [6.07, 6.45) is 2.67. The molecule has 2 rings (SSSR count).